The van der Waals surface area contributed by atoms with Gasteiger partial charge in [-0.15, -0.1) is 27.8 Å². The molecule has 0 aliphatic carbocycles. The fourth-order valence-corrected chi connectivity index (χ4v) is 9.28. The minimum absolute atomic E-state index is 0.0220. The zero-order valence-electron chi connectivity index (χ0n) is 29.1. The fourth-order valence-electron chi connectivity index (χ4n) is 6.21. The third-order valence-corrected chi connectivity index (χ3v) is 12.2. The van der Waals surface area contributed by atoms with Crippen molar-refractivity contribution in [3.63, 3.8) is 0 Å². The van der Waals surface area contributed by atoms with Crippen LogP contribution in [0.25, 0.3) is 33.0 Å². The topological polar surface area (TPSA) is 235 Å². The minimum Gasteiger partial charge on any atom is -0.477 e. The predicted molar refractivity (Wildman–Crippen MR) is 206 cm³/mol. The summed E-state index contributed by atoms with van der Waals surface area (Å²) in [5, 5.41) is 76.8. The molecule has 1 fully saturated rings. The van der Waals surface area contributed by atoms with Crippen LogP contribution in [0.1, 0.15) is 15.4 Å². The lowest BCUT2D eigenvalue weighted by Crippen LogP contribution is -2.58. The average molecular weight is 811 g/mol. The lowest BCUT2D eigenvalue weighted by molar-refractivity contribution is -0.292. The molecule has 0 saturated carbocycles. The number of aliphatic hydroxyl groups is 3. The van der Waals surface area contributed by atoms with Crippen LogP contribution in [0.3, 0.4) is 0 Å². The molecule has 18 heteroatoms. The predicted octanol–water partition coefficient (Wildman–Crippen LogP) is 4.98. The summed E-state index contributed by atoms with van der Waals surface area (Å²) in [5.74, 6) is -2.60. The van der Waals surface area contributed by atoms with Crippen LogP contribution in [0, 0.1) is 22.7 Å². The second kappa shape index (κ2) is 16.2. The van der Waals surface area contributed by atoms with Crippen LogP contribution in [0.15, 0.2) is 87.8 Å². The Morgan fingerprint density at radius 3 is 1.89 bits per heavy atom. The van der Waals surface area contributed by atoms with E-state index in [1.165, 1.54) is 46.6 Å². The molecule has 2 aliphatic rings. The Kier molecular flexibility index (Phi) is 11.2. The van der Waals surface area contributed by atoms with Gasteiger partial charge in [-0.1, -0.05) is 29.1 Å². The lowest BCUT2D eigenvalue weighted by Gasteiger charge is -2.39. The maximum Gasteiger partial charge on any atom is 0.346 e. The average Bonchev–Trinajstić information content (AvgIpc) is 3.97. The minimum atomic E-state index is -1.48. The van der Waals surface area contributed by atoms with E-state index in [0.717, 1.165) is 42.0 Å². The van der Waals surface area contributed by atoms with Crippen molar-refractivity contribution >= 4 is 69.9 Å². The zero-order chi connectivity index (χ0) is 39.7. The molecule has 5 aromatic rings. The van der Waals surface area contributed by atoms with Crippen molar-refractivity contribution in [1.82, 2.24) is 15.0 Å². The summed E-state index contributed by atoms with van der Waals surface area (Å²) in [7, 11) is 1.33. The number of hydrogen-bond acceptors (Lipinski definition) is 15. The summed E-state index contributed by atoms with van der Waals surface area (Å²) in [6.07, 6.45) is -1.98. The second-order valence-electron chi connectivity index (χ2n) is 12.6. The molecule has 2 aliphatic heterocycles. The van der Waals surface area contributed by atoms with Gasteiger partial charge in [0.25, 0.3) is 0 Å². The first kappa shape index (κ1) is 38.6. The number of carbonyl (C=O) groups is 2. The zero-order valence-corrected chi connectivity index (χ0v) is 31.5. The van der Waals surface area contributed by atoms with Gasteiger partial charge in [0, 0.05) is 36.4 Å². The molecule has 7 rings (SSSR count). The van der Waals surface area contributed by atoms with Crippen molar-refractivity contribution < 1.29 is 44.6 Å². The number of rotatable bonds is 11. The van der Waals surface area contributed by atoms with E-state index in [1.807, 2.05) is 48.5 Å². The molecule has 0 spiro atoms. The SMILES string of the molecule is CO[C@H]1O[C@H](Cn2cc(CN3c4ccc(-c5ccc(/C=C(/C#N)C(=O)O)s5)cc4Sc4cc(-c5ccc(/C=C(/C#N)C(=O)O)s5)ccc43)nn2)[C@@H](O)[C@H](O)[C@H]1O. The van der Waals surface area contributed by atoms with Crippen LogP contribution in [-0.4, -0.2) is 90.3 Å². The Bertz CT molecular complexity index is 2350. The van der Waals surface area contributed by atoms with E-state index >= 15 is 0 Å². The van der Waals surface area contributed by atoms with Crippen molar-refractivity contribution in [3.8, 4) is 33.0 Å². The number of thiophene rings is 2. The molecule has 5 heterocycles. The van der Waals surface area contributed by atoms with Gasteiger partial charge in [0.05, 0.1) is 30.7 Å². The highest BCUT2D eigenvalue weighted by atomic mass is 32.2. The summed E-state index contributed by atoms with van der Waals surface area (Å²) in [6.45, 7) is 0.309. The van der Waals surface area contributed by atoms with E-state index in [0.29, 0.717) is 15.4 Å². The molecule has 2 aromatic carbocycles. The summed E-state index contributed by atoms with van der Waals surface area (Å²) < 4.78 is 12.3. The van der Waals surface area contributed by atoms with Gasteiger partial charge >= 0.3 is 11.9 Å². The normalized spacial score (nSPS) is 20.8. The first-order valence-electron chi connectivity index (χ1n) is 16.7. The Morgan fingerprint density at radius 1 is 0.839 bits per heavy atom. The largest absolute Gasteiger partial charge is 0.477 e. The number of methoxy groups -OCH3 is 1. The van der Waals surface area contributed by atoms with Gasteiger partial charge in [-0.3, -0.25) is 0 Å². The molecule has 0 bridgehead atoms. The van der Waals surface area contributed by atoms with Crippen molar-refractivity contribution in [3.05, 3.63) is 93.5 Å². The van der Waals surface area contributed by atoms with E-state index < -0.39 is 42.6 Å². The monoisotopic (exact) mass is 810 g/mol. The third-order valence-electron chi connectivity index (χ3n) is 8.99. The smallest absolute Gasteiger partial charge is 0.346 e. The fraction of sp³-hybridized carbons (Fsp3) is 0.211. The molecule has 0 amide bonds. The van der Waals surface area contributed by atoms with Crippen LogP contribution in [0.2, 0.25) is 0 Å². The van der Waals surface area contributed by atoms with E-state index in [2.05, 4.69) is 15.2 Å². The van der Waals surface area contributed by atoms with Gasteiger partial charge in [0.2, 0.25) is 0 Å². The lowest BCUT2D eigenvalue weighted by atomic mass is 9.99. The standard InChI is InChI=1S/C38H30N6O9S3/c1-52-38-35(47)34(46)33(45)28(53-38)18-43-16-23(41-42-43)17-44-26-6-2-19(29-8-4-24(54-29)10-21(14-39)36(48)49)12-31(26)56-32-13-20(3-7-27(32)44)30-9-5-25(55-30)11-22(15-40)37(50)51/h2-13,16,28,33-35,38,45-47H,17-18H2,1H3,(H,48,49)(H,50,51)/b21-10-,22-11-/t28-,33-,34+,35-,38+/m1/s1. The third kappa shape index (κ3) is 7.86. The summed E-state index contributed by atoms with van der Waals surface area (Å²) in [5.41, 5.74) is 3.39. The van der Waals surface area contributed by atoms with Gasteiger partial charge in [-0.2, -0.15) is 10.5 Å². The number of aliphatic carboxylic acids is 2. The number of fused-ring (bicyclic) bond motifs is 2. The Hall–Kier alpha value is -5.67. The van der Waals surface area contributed by atoms with Crippen LogP contribution < -0.4 is 4.90 Å². The molecule has 1 saturated heterocycles. The van der Waals surface area contributed by atoms with E-state index in [9.17, 15) is 45.6 Å². The maximum atomic E-state index is 11.4. The second-order valence-corrected chi connectivity index (χ2v) is 15.9. The number of anilines is 2. The van der Waals surface area contributed by atoms with E-state index in [1.54, 1.807) is 42.2 Å². The number of carboxylic acid groups (broad SMARTS) is 2. The summed E-state index contributed by atoms with van der Waals surface area (Å²) in [6, 6.07) is 22.7. The number of benzene rings is 2. The van der Waals surface area contributed by atoms with Gasteiger partial charge in [0.1, 0.15) is 53.4 Å². The highest BCUT2D eigenvalue weighted by Gasteiger charge is 2.44. The van der Waals surface area contributed by atoms with Gasteiger partial charge < -0.3 is 39.9 Å². The first-order chi connectivity index (χ1) is 27.0. The highest BCUT2D eigenvalue weighted by Crippen LogP contribution is 2.51. The van der Waals surface area contributed by atoms with Crippen LogP contribution in [0.5, 0.6) is 0 Å². The molecule has 56 heavy (non-hydrogen) atoms. The van der Waals surface area contributed by atoms with Crippen molar-refractivity contribution in [1.29, 1.82) is 10.5 Å². The Morgan fingerprint density at radius 2 is 1.39 bits per heavy atom. The molecular weight excluding hydrogens is 781 g/mol. The molecule has 3 aromatic heterocycles. The number of carboxylic acids is 2. The van der Waals surface area contributed by atoms with Crippen LogP contribution >= 0.6 is 34.4 Å². The maximum absolute atomic E-state index is 11.4. The number of ether oxygens (including phenoxy) is 2. The van der Waals surface area contributed by atoms with Gasteiger partial charge in [-0.25, -0.2) is 14.3 Å². The van der Waals surface area contributed by atoms with Gasteiger partial charge in [0.15, 0.2) is 6.29 Å². The molecule has 5 atom stereocenters. The highest BCUT2D eigenvalue weighted by molar-refractivity contribution is 7.99. The summed E-state index contributed by atoms with van der Waals surface area (Å²) >= 11 is 4.27. The molecule has 15 nitrogen and oxygen atoms in total. The summed E-state index contributed by atoms with van der Waals surface area (Å²) in [4.78, 5) is 29.7. The van der Waals surface area contributed by atoms with Crippen molar-refractivity contribution in [2.24, 2.45) is 0 Å². The van der Waals surface area contributed by atoms with Crippen molar-refractivity contribution in [2.75, 3.05) is 12.0 Å². The van der Waals surface area contributed by atoms with Crippen LogP contribution in [0.4, 0.5) is 11.4 Å². The van der Waals surface area contributed by atoms with E-state index in [4.69, 9.17) is 9.47 Å². The number of nitriles is 2. The number of nitrogens with zero attached hydrogens (tertiary/aromatic N) is 6. The molecular formula is C38H30N6O9S3. The number of hydrogen-bond donors (Lipinski definition) is 5. The Labute approximate surface area is 330 Å². The first-order valence-corrected chi connectivity index (χ1v) is 19.2. The van der Waals surface area contributed by atoms with E-state index in [-0.39, 0.29) is 24.2 Å². The molecule has 0 unspecified atom stereocenters. The van der Waals surface area contributed by atoms with Gasteiger partial charge in [-0.05, 0) is 71.8 Å². The Balaban J connectivity index is 1.21. The molecule has 284 valence electrons. The molecule has 0 radical (unpaired) electrons. The van der Waals surface area contributed by atoms with Crippen molar-refractivity contribution in [2.45, 2.75) is 53.6 Å². The molecule has 5 N–H and O–H groups in total. The quantitative estimate of drug-likeness (QED) is 0.0875. The van der Waals surface area contributed by atoms with Crippen LogP contribution in [-0.2, 0) is 32.2 Å². The number of aliphatic hydroxyl groups excluding tert-OH is 3. The number of aromatic nitrogens is 3.